The van der Waals surface area contributed by atoms with Gasteiger partial charge in [-0.3, -0.25) is 4.79 Å². The van der Waals surface area contributed by atoms with E-state index in [0.717, 1.165) is 12.8 Å². The average molecular weight is 637 g/mol. The van der Waals surface area contributed by atoms with Gasteiger partial charge in [0.05, 0.1) is 25.8 Å². The molecule has 2 aromatic rings. The van der Waals surface area contributed by atoms with E-state index < -0.39 is 36.3 Å². The van der Waals surface area contributed by atoms with E-state index >= 15 is 0 Å². The minimum Gasteiger partial charge on any atom is -0.489 e. The van der Waals surface area contributed by atoms with Gasteiger partial charge in [-0.05, 0) is 70.6 Å². The molecule has 1 N–H and O–H groups in total. The zero-order valence-electron chi connectivity index (χ0n) is 26.7. The molecule has 3 amide bonds. The number of hydrogen-bond acceptors (Lipinski definition) is 9. The number of nitrogens with zero attached hydrogens (tertiary/aromatic N) is 3. The predicted molar refractivity (Wildman–Crippen MR) is 158 cm³/mol. The molecule has 1 saturated heterocycles. The zero-order valence-corrected chi connectivity index (χ0v) is 26.7. The van der Waals surface area contributed by atoms with Crippen molar-refractivity contribution in [1.29, 1.82) is 0 Å². The van der Waals surface area contributed by atoms with Crippen LogP contribution < -0.4 is 14.8 Å². The maximum Gasteiger partial charge on any atom is 0.409 e. The van der Waals surface area contributed by atoms with E-state index in [9.17, 15) is 23.2 Å². The van der Waals surface area contributed by atoms with Crippen LogP contribution in [-0.2, 0) is 9.47 Å². The van der Waals surface area contributed by atoms with Gasteiger partial charge >= 0.3 is 18.8 Å². The zero-order chi connectivity index (χ0) is 33.1. The molecule has 45 heavy (non-hydrogen) atoms. The second kappa shape index (κ2) is 13.9. The number of aromatic nitrogens is 1. The van der Waals surface area contributed by atoms with E-state index in [2.05, 4.69) is 15.0 Å². The minimum atomic E-state index is -3.05. The summed E-state index contributed by atoms with van der Waals surface area (Å²) >= 11 is 0. The maximum atomic E-state index is 14.0. The molecule has 1 aromatic heterocycles. The van der Waals surface area contributed by atoms with Gasteiger partial charge in [0.25, 0.3) is 5.91 Å². The van der Waals surface area contributed by atoms with Crippen molar-refractivity contribution in [2.24, 2.45) is 11.8 Å². The molecule has 1 saturated carbocycles. The van der Waals surface area contributed by atoms with Crippen LogP contribution in [0, 0.1) is 11.8 Å². The fourth-order valence-corrected chi connectivity index (χ4v) is 4.95. The van der Waals surface area contributed by atoms with Gasteiger partial charge in [0.1, 0.15) is 5.60 Å². The Labute approximate surface area is 261 Å². The molecule has 1 aliphatic heterocycles. The molecule has 0 spiro atoms. The number of benzene rings is 1. The molecular formula is C31H42F2N4O8. The lowest BCUT2D eigenvalue weighted by molar-refractivity contribution is -0.0515. The molecule has 0 unspecified atom stereocenters. The average Bonchev–Trinajstić information content (AvgIpc) is 3.69. The SMILES string of the molecule is COC(=O)N1CCN(C(=O)c2nc(-c3ccc(OC(F)F)c(OCC4CC4)c3)oc2[C@H](C)NC(=O)OC(C)(C)C)C[C@@H]1C(C)C. The Balaban J connectivity index is 1.69. The molecular weight excluding hydrogens is 594 g/mol. The number of rotatable bonds is 10. The fourth-order valence-electron chi connectivity index (χ4n) is 4.95. The van der Waals surface area contributed by atoms with Crippen molar-refractivity contribution in [3.8, 4) is 23.0 Å². The molecule has 2 atom stereocenters. The smallest absolute Gasteiger partial charge is 0.409 e. The van der Waals surface area contributed by atoms with Gasteiger partial charge < -0.3 is 38.5 Å². The third kappa shape index (κ3) is 8.76. The van der Waals surface area contributed by atoms with Gasteiger partial charge in [-0.25, -0.2) is 14.6 Å². The highest BCUT2D eigenvalue weighted by Gasteiger charge is 2.38. The Kier molecular flexibility index (Phi) is 10.4. The predicted octanol–water partition coefficient (Wildman–Crippen LogP) is 5.87. The van der Waals surface area contributed by atoms with E-state index in [0.29, 0.717) is 18.1 Å². The van der Waals surface area contributed by atoms with Crippen molar-refractivity contribution < 1.29 is 46.5 Å². The number of carbonyl (C=O) groups is 3. The van der Waals surface area contributed by atoms with Gasteiger partial charge in [0, 0.05) is 25.2 Å². The lowest BCUT2D eigenvalue weighted by Gasteiger charge is -2.42. The molecule has 4 rings (SSSR count). The van der Waals surface area contributed by atoms with Crippen LogP contribution in [0.25, 0.3) is 11.5 Å². The number of methoxy groups -OCH3 is 1. The number of alkyl carbamates (subject to hydrolysis) is 1. The normalized spacial score (nSPS) is 17.7. The van der Waals surface area contributed by atoms with Crippen LogP contribution in [0.5, 0.6) is 11.5 Å². The van der Waals surface area contributed by atoms with Crippen molar-refractivity contribution in [2.75, 3.05) is 33.4 Å². The van der Waals surface area contributed by atoms with Crippen LogP contribution in [0.15, 0.2) is 22.6 Å². The minimum absolute atomic E-state index is 0.0136. The highest BCUT2D eigenvalue weighted by atomic mass is 19.3. The number of oxazole rings is 1. The third-order valence-electron chi connectivity index (χ3n) is 7.45. The van der Waals surface area contributed by atoms with Crippen LogP contribution in [0.2, 0.25) is 0 Å². The van der Waals surface area contributed by atoms with Crippen molar-refractivity contribution in [2.45, 2.75) is 78.7 Å². The van der Waals surface area contributed by atoms with Gasteiger partial charge in [-0.15, -0.1) is 0 Å². The number of carbonyl (C=O) groups excluding carboxylic acids is 3. The van der Waals surface area contributed by atoms with E-state index in [1.165, 1.54) is 25.3 Å². The van der Waals surface area contributed by atoms with Crippen molar-refractivity contribution >= 4 is 18.1 Å². The molecule has 248 valence electrons. The van der Waals surface area contributed by atoms with Crippen molar-refractivity contribution in [3.63, 3.8) is 0 Å². The van der Waals surface area contributed by atoms with Gasteiger partial charge in [0.2, 0.25) is 5.89 Å². The summed E-state index contributed by atoms with van der Waals surface area (Å²) in [5, 5.41) is 2.69. The summed E-state index contributed by atoms with van der Waals surface area (Å²) in [5.41, 5.74) is -0.460. The van der Waals surface area contributed by atoms with Crippen molar-refractivity contribution in [1.82, 2.24) is 20.1 Å². The summed E-state index contributed by atoms with van der Waals surface area (Å²) in [4.78, 5) is 46.8. The molecule has 2 fully saturated rings. The quantitative estimate of drug-likeness (QED) is 0.340. The molecule has 2 aliphatic rings. The Morgan fingerprint density at radius 3 is 2.42 bits per heavy atom. The second-order valence-electron chi connectivity index (χ2n) is 12.6. The molecule has 2 heterocycles. The Bertz CT molecular complexity index is 1370. The largest absolute Gasteiger partial charge is 0.489 e. The first-order valence-electron chi connectivity index (χ1n) is 15.0. The first-order valence-corrected chi connectivity index (χ1v) is 15.0. The summed E-state index contributed by atoms with van der Waals surface area (Å²) in [5.74, 6) is -0.0598. The van der Waals surface area contributed by atoms with Gasteiger partial charge in [0.15, 0.2) is 23.0 Å². The second-order valence-corrected chi connectivity index (χ2v) is 12.6. The fraction of sp³-hybridized carbons (Fsp3) is 0.613. The first kappa shape index (κ1) is 33.8. The lowest BCUT2D eigenvalue weighted by Crippen LogP contribution is -2.58. The molecule has 14 heteroatoms. The summed E-state index contributed by atoms with van der Waals surface area (Å²) in [6.07, 6.45) is 0.794. The maximum absolute atomic E-state index is 14.0. The standard InChI is InChI=1S/C31H42F2N4O8/c1-17(2)21-15-36(12-13-37(21)30(40)41-7)27(38)24-25(18(3)34-29(39)45-31(4,5)6)44-26(35-24)20-10-11-22(43-28(32)33)23(14-20)42-16-19-8-9-19/h10-11,14,17-19,21,28H,8-9,12-13,15-16H2,1-7H3,(H,34,39)/t18-,21+/m0/s1. The summed E-state index contributed by atoms with van der Waals surface area (Å²) < 4.78 is 53.1. The summed E-state index contributed by atoms with van der Waals surface area (Å²) in [7, 11) is 1.31. The van der Waals surface area contributed by atoms with Gasteiger partial charge in [-0.1, -0.05) is 13.8 Å². The summed E-state index contributed by atoms with van der Waals surface area (Å²) in [6, 6.07) is 3.12. The van der Waals surface area contributed by atoms with E-state index in [1.54, 1.807) is 37.5 Å². The number of ether oxygens (including phenoxy) is 4. The number of halogens is 2. The Morgan fingerprint density at radius 1 is 1.11 bits per heavy atom. The van der Waals surface area contributed by atoms with Crippen LogP contribution >= 0.6 is 0 Å². The molecule has 0 bridgehead atoms. The number of alkyl halides is 2. The number of amides is 3. The van der Waals surface area contributed by atoms with E-state index in [-0.39, 0.29) is 60.4 Å². The monoisotopic (exact) mass is 636 g/mol. The van der Waals surface area contributed by atoms with Crippen LogP contribution in [0.1, 0.15) is 76.7 Å². The molecule has 1 aliphatic carbocycles. The van der Waals surface area contributed by atoms with E-state index in [4.69, 9.17) is 18.6 Å². The van der Waals surface area contributed by atoms with E-state index in [1.807, 2.05) is 13.8 Å². The number of piperazine rings is 1. The Morgan fingerprint density at radius 2 is 1.82 bits per heavy atom. The lowest BCUT2D eigenvalue weighted by atomic mass is 9.99. The number of hydrogen-bond donors (Lipinski definition) is 1. The molecule has 1 aromatic carbocycles. The molecule has 12 nitrogen and oxygen atoms in total. The topological polar surface area (TPSA) is 133 Å². The van der Waals surface area contributed by atoms with Crippen LogP contribution in [0.4, 0.5) is 18.4 Å². The molecule has 0 radical (unpaired) electrons. The van der Waals surface area contributed by atoms with Crippen LogP contribution in [-0.4, -0.2) is 84.5 Å². The highest BCUT2D eigenvalue weighted by Crippen LogP contribution is 2.37. The third-order valence-corrected chi connectivity index (χ3v) is 7.45. The van der Waals surface area contributed by atoms with Gasteiger partial charge in [-0.2, -0.15) is 8.78 Å². The van der Waals surface area contributed by atoms with Crippen LogP contribution in [0.3, 0.4) is 0 Å². The summed E-state index contributed by atoms with van der Waals surface area (Å²) in [6.45, 7) is 8.68. The Hall–Kier alpha value is -4.10. The number of nitrogens with one attached hydrogen (secondary N) is 1. The first-order chi connectivity index (χ1) is 21.2. The van der Waals surface area contributed by atoms with Crippen molar-refractivity contribution in [3.05, 3.63) is 29.7 Å². The highest BCUT2D eigenvalue weighted by molar-refractivity contribution is 5.94.